The second-order valence-electron chi connectivity index (χ2n) is 8.32. The average Bonchev–Trinajstić information content (AvgIpc) is 3.24. The maximum atomic E-state index is 13.3. The van der Waals surface area contributed by atoms with E-state index in [0.29, 0.717) is 18.9 Å². The van der Waals surface area contributed by atoms with Crippen LogP contribution in [0.2, 0.25) is 0 Å². The van der Waals surface area contributed by atoms with Crippen molar-refractivity contribution in [3.63, 3.8) is 0 Å². The van der Waals surface area contributed by atoms with E-state index in [4.69, 9.17) is 0 Å². The molecule has 1 aromatic heterocycles. The Labute approximate surface area is 143 Å². The fourth-order valence-electron chi connectivity index (χ4n) is 5.44. The highest BCUT2D eigenvalue weighted by atomic mass is 32.2. The molecule has 6 heteroatoms. The monoisotopic (exact) mass is 350 g/mol. The number of rotatable bonds is 4. The van der Waals surface area contributed by atoms with E-state index in [0.717, 1.165) is 31.4 Å². The lowest BCUT2D eigenvalue weighted by Gasteiger charge is -2.38. The summed E-state index contributed by atoms with van der Waals surface area (Å²) in [4.78, 5) is 15.8. The predicted molar refractivity (Wildman–Crippen MR) is 91.8 cm³/mol. The number of hydrogen-bond donors (Lipinski definition) is 1. The van der Waals surface area contributed by atoms with Crippen molar-refractivity contribution in [1.82, 2.24) is 9.29 Å². The van der Waals surface area contributed by atoms with Gasteiger partial charge in [-0.05, 0) is 49.1 Å². The molecule has 0 aromatic carbocycles. The number of fused-ring (bicyclic) bond motifs is 2. The zero-order valence-corrected chi connectivity index (χ0v) is 15.2. The summed E-state index contributed by atoms with van der Waals surface area (Å²) in [6.45, 7) is 4.75. The highest BCUT2D eigenvalue weighted by Gasteiger charge is 2.65. The smallest absolute Gasteiger partial charge is 0.215 e. The SMILES string of the molecule is CC1(C)[C@H]2CC[C@@]1(CS(=O)(=O)N1CCC[C@H]1c1ccc[nH]1)C(=O)C2. The van der Waals surface area contributed by atoms with Crippen molar-refractivity contribution in [3.05, 3.63) is 24.0 Å². The highest BCUT2D eigenvalue weighted by molar-refractivity contribution is 7.89. The van der Waals surface area contributed by atoms with Crippen LogP contribution in [0.3, 0.4) is 0 Å². The van der Waals surface area contributed by atoms with Gasteiger partial charge in [-0.1, -0.05) is 13.8 Å². The molecule has 3 aliphatic rings. The quantitative estimate of drug-likeness (QED) is 0.908. The van der Waals surface area contributed by atoms with Crippen molar-refractivity contribution in [2.75, 3.05) is 12.3 Å². The summed E-state index contributed by atoms with van der Waals surface area (Å²) in [6.07, 6.45) is 5.81. The average molecular weight is 350 g/mol. The molecule has 24 heavy (non-hydrogen) atoms. The van der Waals surface area contributed by atoms with E-state index in [9.17, 15) is 13.2 Å². The van der Waals surface area contributed by atoms with Crippen molar-refractivity contribution in [2.24, 2.45) is 16.7 Å². The Kier molecular flexibility index (Phi) is 3.52. The number of H-pyrrole nitrogens is 1. The Morgan fingerprint density at radius 2 is 2.12 bits per heavy atom. The number of aromatic amines is 1. The molecule has 1 aliphatic heterocycles. The second-order valence-corrected chi connectivity index (χ2v) is 10.2. The normalized spacial score (nSPS) is 35.8. The third-order valence-corrected chi connectivity index (χ3v) is 9.12. The van der Waals surface area contributed by atoms with Gasteiger partial charge in [0.15, 0.2) is 0 Å². The fourth-order valence-corrected chi connectivity index (χ4v) is 7.92. The summed E-state index contributed by atoms with van der Waals surface area (Å²) in [5.74, 6) is 0.500. The molecule has 132 valence electrons. The summed E-state index contributed by atoms with van der Waals surface area (Å²) < 4.78 is 28.2. The van der Waals surface area contributed by atoms with Gasteiger partial charge in [-0.3, -0.25) is 4.79 Å². The largest absolute Gasteiger partial charge is 0.364 e. The van der Waals surface area contributed by atoms with Crippen LogP contribution in [-0.2, 0) is 14.8 Å². The number of aromatic nitrogens is 1. The summed E-state index contributed by atoms with van der Waals surface area (Å²) in [6, 6.07) is 3.74. The molecule has 3 atom stereocenters. The van der Waals surface area contributed by atoms with E-state index in [1.54, 1.807) is 4.31 Å². The first-order valence-corrected chi connectivity index (χ1v) is 10.5. The fraction of sp³-hybridized carbons (Fsp3) is 0.722. The lowest BCUT2D eigenvalue weighted by Crippen LogP contribution is -2.46. The third kappa shape index (κ3) is 2.08. The number of carbonyl (C=O) groups is 1. The van der Waals surface area contributed by atoms with E-state index in [2.05, 4.69) is 18.8 Å². The lowest BCUT2D eigenvalue weighted by molar-refractivity contribution is -0.128. The molecule has 0 unspecified atom stereocenters. The molecule has 1 saturated heterocycles. The zero-order valence-electron chi connectivity index (χ0n) is 14.4. The van der Waals surface area contributed by atoms with Crippen LogP contribution in [0, 0.1) is 16.7 Å². The first-order valence-electron chi connectivity index (χ1n) is 8.94. The molecule has 5 nitrogen and oxygen atoms in total. The minimum absolute atomic E-state index is 0.0143. The van der Waals surface area contributed by atoms with Crippen LogP contribution in [0.15, 0.2) is 18.3 Å². The van der Waals surface area contributed by atoms with Crippen LogP contribution in [0.1, 0.15) is 57.7 Å². The molecule has 2 bridgehead atoms. The van der Waals surface area contributed by atoms with Crippen LogP contribution >= 0.6 is 0 Å². The van der Waals surface area contributed by atoms with E-state index in [-0.39, 0.29) is 23.0 Å². The first-order chi connectivity index (χ1) is 11.3. The van der Waals surface area contributed by atoms with Gasteiger partial charge in [0.25, 0.3) is 0 Å². The summed E-state index contributed by atoms with van der Waals surface area (Å²) in [7, 11) is -3.47. The van der Waals surface area contributed by atoms with Crippen molar-refractivity contribution in [2.45, 2.75) is 52.0 Å². The first kappa shape index (κ1) is 16.3. The number of sulfonamides is 1. The van der Waals surface area contributed by atoms with Gasteiger partial charge in [-0.2, -0.15) is 4.31 Å². The maximum absolute atomic E-state index is 13.3. The van der Waals surface area contributed by atoms with Crippen molar-refractivity contribution in [3.8, 4) is 0 Å². The molecule has 4 rings (SSSR count). The van der Waals surface area contributed by atoms with Crippen LogP contribution in [0.25, 0.3) is 0 Å². The van der Waals surface area contributed by atoms with Crippen molar-refractivity contribution >= 4 is 15.8 Å². The van der Waals surface area contributed by atoms with Crippen LogP contribution in [-0.4, -0.2) is 35.8 Å². The second kappa shape index (κ2) is 5.18. The van der Waals surface area contributed by atoms with Crippen LogP contribution < -0.4 is 0 Å². The molecule has 2 saturated carbocycles. The number of hydrogen-bond acceptors (Lipinski definition) is 3. The highest BCUT2D eigenvalue weighted by Crippen LogP contribution is 2.64. The Balaban J connectivity index is 1.65. The van der Waals surface area contributed by atoms with Crippen LogP contribution in [0.4, 0.5) is 0 Å². The van der Waals surface area contributed by atoms with Gasteiger partial charge in [0.05, 0.1) is 11.8 Å². The van der Waals surface area contributed by atoms with Gasteiger partial charge in [-0.25, -0.2) is 8.42 Å². The number of Topliss-reactive ketones (excluding diaryl/α,β-unsaturated/α-hetero) is 1. The minimum Gasteiger partial charge on any atom is -0.364 e. The van der Waals surface area contributed by atoms with Gasteiger partial charge in [0.2, 0.25) is 10.0 Å². The van der Waals surface area contributed by atoms with Gasteiger partial charge in [0.1, 0.15) is 5.78 Å². The third-order valence-electron chi connectivity index (χ3n) is 7.11. The van der Waals surface area contributed by atoms with Gasteiger partial charge < -0.3 is 4.98 Å². The molecule has 0 spiro atoms. The molecule has 2 aliphatic carbocycles. The lowest BCUT2D eigenvalue weighted by atomic mass is 9.70. The topological polar surface area (TPSA) is 70.2 Å². The van der Waals surface area contributed by atoms with Gasteiger partial charge in [0, 0.05) is 30.3 Å². The Hall–Kier alpha value is -1.14. The van der Waals surface area contributed by atoms with Gasteiger partial charge >= 0.3 is 0 Å². The predicted octanol–water partition coefficient (Wildman–Crippen LogP) is 2.88. The van der Waals surface area contributed by atoms with Gasteiger partial charge in [-0.15, -0.1) is 0 Å². The molecule has 1 N–H and O–H groups in total. The molecule has 2 heterocycles. The maximum Gasteiger partial charge on any atom is 0.215 e. The van der Waals surface area contributed by atoms with E-state index in [1.165, 1.54) is 0 Å². The van der Waals surface area contributed by atoms with Crippen LogP contribution in [0.5, 0.6) is 0 Å². The standard InChI is InChI=1S/C18H26N2O3S/c1-17(2)13-7-8-18(17,16(21)11-13)12-24(22,23)20-10-4-6-15(20)14-5-3-9-19-14/h3,5,9,13,15,19H,4,6-8,10-12H2,1-2H3/t13-,15-,18+/m0/s1. The molecular weight excluding hydrogens is 324 g/mol. The number of ketones is 1. The zero-order chi connectivity index (χ0) is 17.2. The summed E-state index contributed by atoms with van der Waals surface area (Å²) in [5.41, 5.74) is 0.0629. The molecule has 0 amide bonds. The molecular formula is C18H26N2O3S. The number of nitrogens with one attached hydrogen (secondary N) is 1. The summed E-state index contributed by atoms with van der Waals surface area (Å²) >= 11 is 0. The molecule has 3 fully saturated rings. The van der Waals surface area contributed by atoms with E-state index < -0.39 is 15.4 Å². The Morgan fingerprint density at radius 3 is 2.71 bits per heavy atom. The Morgan fingerprint density at radius 1 is 1.33 bits per heavy atom. The Bertz CT molecular complexity index is 753. The minimum atomic E-state index is -3.47. The summed E-state index contributed by atoms with van der Waals surface area (Å²) in [5, 5.41) is 0. The van der Waals surface area contributed by atoms with Crippen molar-refractivity contribution in [1.29, 1.82) is 0 Å². The number of carbonyl (C=O) groups excluding carboxylic acids is 1. The van der Waals surface area contributed by atoms with E-state index in [1.807, 2.05) is 18.3 Å². The van der Waals surface area contributed by atoms with Crippen molar-refractivity contribution < 1.29 is 13.2 Å². The van der Waals surface area contributed by atoms with E-state index >= 15 is 0 Å². The molecule has 0 radical (unpaired) electrons. The molecule has 1 aromatic rings. The number of nitrogens with zero attached hydrogens (tertiary/aromatic N) is 1.